The van der Waals surface area contributed by atoms with Crippen molar-refractivity contribution < 1.29 is 15.0 Å². The lowest BCUT2D eigenvalue weighted by molar-refractivity contribution is 0.112. The molecule has 0 saturated carbocycles. The predicted octanol–water partition coefficient (Wildman–Crippen LogP) is 1.84. The van der Waals surface area contributed by atoms with Gasteiger partial charge >= 0.3 is 0 Å². The smallest absolute Gasteiger partial charge is 0.153 e. The van der Waals surface area contributed by atoms with E-state index in [9.17, 15) is 15.0 Å². The lowest BCUT2D eigenvalue weighted by Gasteiger charge is -2.00. The molecule has 15 heavy (non-hydrogen) atoms. The number of hydrogen-bond acceptors (Lipinski definition) is 3. The highest BCUT2D eigenvalue weighted by Crippen LogP contribution is 2.25. The highest BCUT2D eigenvalue weighted by Gasteiger charge is 2.05. The minimum atomic E-state index is -0.200. The fourth-order valence-corrected chi connectivity index (χ4v) is 0.962. The van der Waals surface area contributed by atoms with Gasteiger partial charge in [-0.05, 0) is 18.6 Å². The SMILES string of the molecule is C=C(C)C#Cc1cc(O)c(C=O)cc1O. The van der Waals surface area contributed by atoms with Crippen molar-refractivity contribution in [3.63, 3.8) is 0 Å². The number of hydrogen-bond donors (Lipinski definition) is 2. The molecule has 0 aliphatic carbocycles. The molecular weight excluding hydrogens is 192 g/mol. The van der Waals surface area contributed by atoms with Gasteiger partial charge in [-0.15, -0.1) is 0 Å². The van der Waals surface area contributed by atoms with Crippen LogP contribution in [0.5, 0.6) is 11.5 Å². The molecule has 0 amide bonds. The second-order valence-electron chi connectivity index (χ2n) is 3.08. The Morgan fingerprint density at radius 2 is 2.07 bits per heavy atom. The number of carbonyl (C=O) groups is 1. The summed E-state index contributed by atoms with van der Waals surface area (Å²) in [5.74, 6) is 4.96. The van der Waals surface area contributed by atoms with E-state index in [-0.39, 0.29) is 22.6 Å². The van der Waals surface area contributed by atoms with Crippen LogP contribution in [0.2, 0.25) is 0 Å². The zero-order valence-corrected chi connectivity index (χ0v) is 8.24. The van der Waals surface area contributed by atoms with E-state index >= 15 is 0 Å². The van der Waals surface area contributed by atoms with Gasteiger partial charge in [0.15, 0.2) is 6.29 Å². The van der Waals surface area contributed by atoms with Crippen molar-refractivity contribution in [1.82, 2.24) is 0 Å². The third-order valence-electron chi connectivity index (χ3n) is 1.68. The van der Waals surface area contributed by atoms with Gasteiger partial charge in [0.1, 0.15) is 11.5 Å². The number of aldehydes is 1. The minimum absolute atomic E-state index is 0.0355. The van der Waals surface area contributed by atoms with Crippen molar-refractivity contribution in [2.75, 3.05) is 0 Å². The molecule has 0 radical (unpaired) electrons. The molecule has 1 rings (SSSR count). The molecule has 76 valence electrons. The van der Waals surface area contributed by atoms with E-state index < -0.39 is 0 Å². The number of allylic oxidation sites excluding steroid dienone is 1. The summed E-state index contributed by atoms with van der Waals surface area (Å²) in [6, 6.07) is 2.42. The molecule has 0 unspecified atom stereocenters. The van der Waals surface area contributed by atoms with Gasteiger partial charge in [0.2, 0.25) is 0 Å². The molecule has 3 nitrogen and oxygen atoms in total. The first kappa shape index (κ1) is 10.9. The van der Waals surface area contributed by atoms with E-state index in [1.807, 2.05) is 0 Å². The quantitative estimate of drug-likeness (QED) is 0.415. The Bertz CT molecular complexity index is 476. The molecule has 0 aliphatic heterocycles. The maximum atomic E-state index is 10.4. The molecule has 0 saturated heterocycles. The van der Waals surface area contributed by atoms with Crippen LogP contribution in [0.1, 0.15) is 22.8 Å². The maximum Gasteiger partial charge on any atom is 0.153 e. The minimum Gasteiger partial charge on any atom is -0.507 e. The molecule has 0 bridgehead atoms. The van der Waals surface area contributed by atoms with Crippen molar-refractivity contribution in [2.24, 2.45) is 0 Å². The van der Waals surface area contributed by atoms with Gasteiger partial charge in [0.05, 0.1) is 11.1 Å². The highest BCUT2D eigenvalue weighted by atomic mass is 16.3. The number of aromatic hydroxyl groups is 2. The topological polar surface area (TPSA) is 57.5 Å². The molecule has 0 aromatic heterocycles. The molecule has 1 aromatic carbocycles. The van der Waals surface area contributed by atoms with E-state index in [0.29, 0.717) is 11.9 Å². The number of phenols is 2. The Kier molecular flexibility index (Phi) is 3.14. The standard InChI is InChI=1S/C12H10O3/c1-8(2)3-4-9-5-12(15)10(7-13)6-11(9)14/h5-7,14-15H,1H2,2H3. The average Bonchev–Trinajstić information content (AvgIpc) is 2.18. The van der Waals surface area contributed by atoms with E-state index in [4.69, 9.17) is 0 Å². The summed E-state index contributed by atoms with van der Waals surface area (Å²) in [5.41, 5.74) is 0.947. The van der Waals surface area contributed by atoms with Gasteiger partial charge in [0.25, 0.3) is 0 Å². The van der Waals surface area contributed by atoms with Gasteiger partial charge in [-0.1, -0.05) is 18.4 Å². The molecule has 0 atom stereocenters. The molecular formula is C12H10O3. The van der Waals surface area contributed by atoms with Gasteiger partial charge in [-0.25, -0.2) is 0 Å². The third kappa shape index (κ3) is 2.61. The summed E-state index contributed by atoms with van der Waals surface area (Å²) < 4.78 is 0. The predicted molar refractivity (Wildman–Crippen MR) is 56.9 cm³/mol. The van der Waals surface area contributed by atoms with Crippen LogP contribution >= 0.6 is 0 Å². The van der Waals surface area contributed by atoms with Crippen LogP contribution in [0, 0.1) is 11.8 Å². The zero-order valence-electron chi connectivity index (χ0n) is 8.24. The Morgan fingerprint density at radius 3 is 2.60 bits per heavy atom. The van der Waals surface area contributed by atoms with Crippen LogP contribution in [-0.4, -0.2) is 16.5 Å². The fourth-order valence-electron chi connectivity index (χ4n) is 0.962. The summed E-state index contributed by atoms with van der Waals surface area (Å²) in [5, 5.41) is 18.8. The van der Waals surface area contributed by atoms with Gasteiger partial charge in [0, 0.05) is 6.07 Å². The van der Waals surface area contributed by atoms with Crippen LogP contribution < -0.4 is 0 Å². The van der Waals surface area contributed by atoms with E-state index in [0.717, 1.165) is 0 Å². The van der Waals surface area contributed by atoms with Crippen LogP contribution in [0.4, 0.5) is 0 Å². The maximum absolute atomic E-state index is 10.4. The number of phenolic OH excluding ortho intramolecular Hbond substituents is 2. The molecule has 0 fully saturated rings. The molecule has 0 aliphatic rings. The van der Waals surface area contributed by atoms with E-state index in [1.165, 1.54) is 12.1 Å². The first-order valence-corrected chi connectivity index (χ1v) is 4.23. The van der Waals surface area contributed by atoms with Crippen molar-refractivity contribution in [1.29, 1.82) is 0 Å². The van der Waals surface area contributed by atoms with Crippen molar-refractivity contribution in [2.45, 2.75) is 6.92 Å². The molecule has 3 heteroatoms. The third-order valence-corrected chi connectivity index (χ3v) is 1.68. The second-order valence-corrected chi connectivity index (χ2v) is 3.08. The largest absolute Gasteiger partial charge is 0.507 e. The van der Waals surface area contributed by atoms with Crippen LogP contribution in [0.25, 0.3) is 0 Å². The first-order chi connectivity index (χ1) is 7.04. The molecule has 1 aromatic rings. The van der Waals surface area contributed by atoms with E-state index in [1.54, 1.807) is 6.92 Å². The summed E-state index contributed by atoms with van der Waals surface area (Å²) in [6.07, 6.45) is 0.463. The lowest BCUT2D eigenvalue weighted by atomic mass is 10.1. The number of rotatable bonds is 1. The Hall–Kier alpha value is -2.21. The number of benzene rings is 1. The van der Waals surface area contributed by atoms with Crippen LogP contribution in [-0.2, 0) is 0 Å². The van der Waals surface area contributed by atoms with Crippen LogP contribution in [0.15, 0.2) is 24.3 Å². The van der Waals surface area contributed by atoms with Crippen molar-refractivity contribution in [3.8, 4) is 23.3 Å². The number of carbonyl (C=O) groups excluding carboxylic acids is 1. The first-order valence-electron chi connectivity index (χ1n) is 4.23. The normalized spacial score (nSPS) is 8.87. The van der Waals surface area contributed by atoms with Crippen LogP contribution in [0.3, 0.4) is 0 Å². The highest BCUT2D eigenvalue weighted by molar-refractivity contribution is 5.81. The summed E-state index contributed by atoms with van der Waals surface area (Å²) in [7, 11) is 0. The summed E-state index contributed by atoms with van der Waals surface area (Å²) in [6.45, 7) is 5.31. The van der Waals surface area contributed by atoms with Crippen molar-refractivity contribution in [3.05, 3.63) is 35.4 Å². The van der Waals surface area contributed by atoms with Gasteiger partial charge in [-0.3, -0.25) is 4.79 Å². The lowest BCUT2D eigenvalue weighted by Crippen LogP contribution is -1.84. The summed E-state index contributed by atoms with van der Waals surface area (Å²) >= 11 is 0. The summed E-state index contributed by atoms with van der Waals surface area (Å²) in [4.78, 5) is 10.4. The Balaban J connectivity index is 3.24. The Morgan fingerprint density at radius 1 is 1.40 bits per heavy atom. The Labute approximate surface area is 87.7 Å². The zero-order chi connectivity index (χ0) is 11.4. The average molecular weight is 202 g/mol. The van der Waals surface area contributed by atoms with E-state index in [2.05, 4.69) is 18.4 Å². The monoisotopic (exact) mass is 202 g/mol. The second kappa shape index (κ2) is 4.34. The van der Waals surface area contributed by atoms with Gasteiger partial charge < -0.3 is 10.2 Å². The molecule has 2 N–H and O–H groups in total. The van der Waals surface area contributed by atoms with Gasteiger partial charge in [-0.2, -0.15) is 0 Å². The molecule has 0 spiro atoms. The molecule has 0 heterocycles. The van der Waals surface area contributed by atoms with Crippen molar-refractivity contribution >= 4 is 6.29 Å². The fraction of sp³-hybridized carbons (Fsp3) is 0.0833.